The molecule has 0 bridgehead atoms. The number of rotatable bonds is 6. The first-order valence-corrected chi connectivity index (χ1v) is 7.85. The van der Waals surface area contributed by atoms with Crippen molar-refractivity contribution >= 4 is 17.3 Å². The van der Waals surface area contributed by atoms with E-state index in [0.29, 0.717) is 5.92 Å². The Kier molecular flexibility index (Phi) is 6.14. The summed E-state index contributed by atoms with van der Waals surface area (Å²) in [6, 6.07) is 6.43. The number of hydrogen-bond donors (Lipinski definition) is 1. The van der Waals surface area contributed by atoms with Gasteiger partial charge in [0, 0.05) is 44.1 Å². The van der Waals surface area contributed by atoms with Crippen molar-refractivity contribution in [3.05, 3.63) is 28.8 Å². The molecular weight excluding hydrogens is 272 g/mol. The molecule has 0 amide bonds. The zero-order valence-electron chi connectivity index (χ0n) is 12.5. The van der Waals surface area contributed by atoms with Crippen LogP contribution in [0.5, 0.6) is 0 Å². The van der Waals surface area contributed by atoms with Gasteiger partial charge in [-0.3, -0.25) is 0 Å². The van der Waals surface area contributed by atoms with E-state index in [0.717, 1.165) is 37.8 Å². The van der Waals surface area contributed by atoms with Crippen molar-refractivity contribution in [3.8, 4) is 0 Å². The van der Waals surface area contributed by atoms with Gasteiger partial charge in [0.25, 0.3) is 0 Å². The molecule has 1 aliphatic heterocycles. The molecule has 1 aromatic carbocycles. The van der Waals surface area contributed by atoms with Crippen molar-refractivity contribution in [3.63, 3.8) is 0 Å². The quantitative estimate of drug-likeness (QED) is 0.871. The number of nitrogens with one attached hydrogen (secondary N) is 1. The molecule has 0 atom stereocenters. The van der Waals surface area contributed by atoms with Gasteiger partial charge in [-0.25, -0.2) is 0 Å². The summed E-state index contributed by atoms with van der Waals surface area (Å²) in [6.07, 6.45) is 2.40. The molecule has 1 N–H and O–H groups in total. The predicted octanol–water partition coefficient (Wildman–Crippen LogP) is 3.31. The molecule has 0 saturated carbocycles. The lowest BCUT2D eigenvalue weighted by atomic mass is 9.97. The smallest absolute Gasteiger partial charge is 0.0491 e. The van der Waals surface area contributed by atoms with Gasteiger partial charge in [-0.2, -0.15) is 0 Å². The molecule has 0 spiro atoms. The second-order valence-corrected chi connectivity index (χ2v) is 5.85. The molecule has 1 fully saturated rings. The molecule has 0 aliphatic carbocycles. The molecule has 20 heavy (non-hydrogen) atoms. The van der Waals surface area contributed by atoms with E-state index in [2.05, 4.69) is 35.3 Å². The number of ether oxygens (including phenoxy) is 1. The van der Waals surface area contributed by atoms with Crippen LogP contribution >= 0.6 is 11.6 Å². The van der Waals surface area contributed by atoms with Gasteiger partial charge in [-0.15, -0.1) is 0 Å². The summed E-state index contributed by atoms with van der Waals surface area (Å²) in [5.74, 6) is 0.708. The van der Waals surface area contributed by atoms with Crippen LogP contribution in [0, 0.1) is 5.92 Å². The van der Waals surface area contributed by atoms with Crippen molar-refractivity contribution < 1.29 is 4.74 Å². The third-order valence-electron chi connectivity index (χ3n) is 3.98. The SMILES string of the molecule is CCNCc1ccc(N2CCC(COC)CC2)cc1Cl. The summed E-state index contributed by atoms with van der Waals surface area (Å²) in [5.41, 5.74) is 2.41. The monoisotopic (exact) mass is 296 g/mol. The Balaban J connectivity index is 1.95. The first-order chi connectivity index (χ1) is 9.74. The summed E-state index contributed by atoms with van der Waals surface area (Å²) in [4.78, 5) is 2.43. The van der Waals surface area contributed by atoms with E-state index in [4.69, 9.17) is 16.3 Å². The summed E-state index contributed by atoms with van der Waals surface area (Å²) < 4.78 is 5.25. The number of piperidine rings is 1. The number of hydrogen-bond acceptors (Lipinski definition) is 3. The summed E-state index contributed by atoms with van der Waals surface area (Å²) in [6.45, 7) is 6.98. The van der Waals surface area contributed by atoms with E-state index in [1.54, 1.807) is 7.11 Å². The summed E-state index contributed by atoms with van der Waals surface area (Å²) in [7, 11) is 1.79. The Labute approximate surface area is 127 Å². The highest BCUT2D eigenvalue weighted by molar-refractivity contribution is 6.31. The van der Waals surface area contributed by atoms with Crippen LogP contribution in [0.15, 0.2) is 18.2 Å². The fourth-order valence-electron chi connectivity index (χ4n) is 2.73. The van der Waals surface area contributed by atoms with Crippen molar-refractivity contribution in [2.45, 2.75) is 26.3 Å². The minimum Gasteiger partial charge on any atom is -0.384 e. The van der Waals surface area contributed by atoms with Crippen molar-refractivity contribution in [2.24, 2.45) is 5.92 Å². The van der Waals surface area contributed by atoms with Crippen LogP contribution < -0.4 is 10.2 Å². The van der Waals surface area contributed by atoms with E-state index in [1.807, 2.05) is 0 Å². The Morgan fingerprint density at radius 3 is 2.70 bits per heavy atom. The van der Waals surface area contributed by atoms with Crippen LogP contribution in [0.1, 0.15) is 25.3 Å². The molecule has 0 radical (unpaired) electrons. The molecule has 1 aromatic rings. The lowest BCUT2D eigenvalue weighted by molar-refractivity contribution is 0.139. The average Bonchev–Trinajstić information content (AvgIpc) is 2.47. The average molecular weight is 297 g/mol. The highest BCUT2D eigenvalue weighted by atomic mass is 35.5. The van der Waals surface area contributed by atoms with Gasteiger partial charge in [0.05, 0.1) is 0 Å². The van der Waals surface area contributed by atoms with Gasteiger partial charge < -0.3 is 15.0 Å². The molecule has 2 rings (SSSR count). The molecule has 4 heteroatoms. The lowest BCUT2D eigenvalue weighted by Gasteiger charge is -2.33. The largest absolute Gasteiger partial charge is 0.384 e. The van der Waals surface area contributed by atoms with E-state index in [9.17, 15) is 0 Å². The standard InChI is InChI=1S/C16H25ClN2O/c1-3-18-11-14-4-5-15(10-16(14)17)19-8-6-13(7-9-19)12-20-2/h4-5,10,13,18H,3,6-9,11-12H2,1-2H3. The minimum atomic E-state index is 0.708. The minimum absolute atomic E-state index is 0.708. The van der Waals surface area contributed by atoms with E-state index in [-0.39, 0.29) is 0 Å². The number of anilines is 1. The zero-order valence-corrected chi connectivity index (χ0v) is 13.2. The second-order valence-electron chi connectivity index (χ2n) is 5.44. The van der Waals surface area contributed by atoms with Crippen molar-refractivity contribution in [2.75, 3.05) is 38.3 Å². The van der Waals surface area contributed by atoms with Crippen molar-refractivity contribution in [1.82, 2.24) is 5.32 Å². The first kappa shape index (κ1) is 15.6. The predicted molar refractivity (Wildman–Crippen MR) is 85.6 cm³/mol. The van der Waals surface area contributed by atoms with Crippen molar-refractivity contribution in [1.29, 1.82) is 0 Å². The van der Waals surface area contributed by atoms with Crippen LogP contribution in [-0.2, 0) is 11.3 Å². The maximum atomic E-state index is 6.38. The molecule has 0 aromatic heterocycles. The first-order valence-electron chi connectivity index (χ1n) is 7.47. The third kappa shape index (κ3) is 4.11. The maximum Gasteiger partial charge on any atom is 0.0491 e. The van der Waals surface area contributed by atoms with E-state index < -0.39 is 0 Å². The van der Waals surface area contributed by atoms with E-state index >= 15 is 0 Å². The number of halogens is 1. The van der Waals surface area contributed by atoms with Gasteiger partial charge in [-0.05, 0) is 43.0 Å². The van der Waals surface area contributed by atoms with Gasteiger partial charge in [0.1, 0.15) is 0 Å². The third-order valence-corrected chi connectivity index (χ3v) is 4.34. The van der Waals surface area contributed by atoms with E-state index in [1.165, 1.54) is 24.1 Å². The molecule has 1 aliphatic rings. The molecular formula is C16H25ClN2O. The topological polar surface area (TPSA) is 24.5 Å². The molecule has 112 valence electrons. The number of methoxy groups -OCH3 is 1. The summed E-state index contributed by atoms with van der Waals surface area (Å²) >= 11 is 6.38. The molecule has 3 nitrogen and oxygen atoms in total. The molecule has 0 unspecified atom stereocenters. The summed E-state index contributed by atoms with van der Waals surface area (Å²) in [5, 5.41) is 4.18. The second kappa shape index (κ2) is 7.87. The Morgan fingerprint density at radius 1 is 1.35 bits per heavy atom. The Morgan fingerprint density at radius 2 is 2.10 bits per heavy atom. The Hall–Kier alpha value is -0.770. The van der Waals surface area contributed by atoms with Crippen LogP contribution in [0.2, 0.25) is 5.02 Å². The maximum absolute atomic E-state index is 6.38. The van der Waals surface area contributed by atoms with Gasteiger partial charge in [-0.1, -0.05) is 24.6 Å². The highest BCUT2D eigenvalue weighted by Gasteiger charge is 2.19. The van der Waals surface area contributed by atoms with Gasteiger partial charge in [0.15, 0.2) is 0 Å². The van der Waals surface area contributed by atoms with Crippen LogP contribution in [0.25, 0.3) is 0 Å². The van der Waals surface area contributed by atoms with Crippen LogP contribution in [-0.4, -0.2) is 33.4 Å². The van der Waals surface area contributed by atoms with Crippen LogP contribution in [0.3, 0.4) is 0 Å². The highest BCUT2D eigenvalue weighted by Crippen LogP contribution is 2.27. The van der Waals surface area contributed by atoms with Gasteiger partial charge in [0.2, 0.25) is 0 Å². The lowest BCUT2D eigenvalue weighted by Crippen LogP contribution is -2.35. The molecule has 1 heterocycles. The zero-order chi connectivity index (χ0) is 14.4. The normalized spacial score (nSPS) is 16.6. The number of nitrogens with zero attached hydrogens (tertiary/aromatic N) is 1. The number of benzene rings is 1. The Bertz CT molecular complexity index is 417. The fourth-order valence-corrected chi connectivity index (χ4v) is 2.97. The van der Waals surface area contributed by atoms with Gasteiger partial charge >= 0.3 is 0 Å². The fraction of sp³-hybridized carbons (Fsp3) is 0.625. The molecule has 1 saturated heterocycles. The van der Waals surface area contributed by atoms with Crippen LogP contribution in [0.4, 0.5) is 5.69 Å².